The van der Waals surface area contributed by atoms with Crippen LogP contribution in [0.1, 0.15) is 68.8 Å². The Hall–Kier alpha value is -3.77. The molecule has 6 heteroatoms. The average Bonchev–Trinajstić information content (AvgIpc) is 2.84. The smallest absolute Gasteiger partial charge is 0.338 e. The van der Waals surface area contributed by atoms with Gasteiger partial charge in [0.25, 0.3) is 5.91 Å². The molecule has 0 atom stereocenters. The number of carbonyl (C=O) groups excluding carboxylic acids is 1. The second kappa shape index (κ2) is 9.84. The average molecular weight is 473 g/mol. The topological polar surface area (TPSA) is 92.4 Å². The Morgan fingerprint density at radius 2 is 1.74 bits per heavy atom. The van der Waals surface area contributed by atoms with Crippen molar-refractivity contribution >= 4 is 17.4 Å². The molecule has 0 bridgehead atoms. The van der Waals surface area contributed by atoms with Crippen molar-refractivity contribution in [1.82, 2.24) is 5.32 Å². The molecule has 0 heterocycles. The third-order valence-corrected chi connectivity index (χ3v) is 6.58. The van der Waals surface area contributed by atoms with Crippen LogP contribution in [-0.4, -0.2) is 23.5 Å². The summed E-state index contributed by atoms with van der Waals surface area (Å²) >= 11 is 0. The standard InChI is InChI=1S/C29H29FN2O3/c1-29(2)13-11-22(20-6-3-19(17-31)4-7-20)24-16-21(8-10-25(24)29)27(33)32-14-12-18-5-9-23(28(34)35)26(30)15-18/h3-11,15-16H,12-14,17,31H2,1-2H3,(H,32,33)(H,34,35). The first kappa shape index (κ1) is 24.4. The number of halogens is 1. The molecule has 1 aliphatic rings. The zero-order valence-corrected chi connectivity index (χ0v) is 19.9. The van der Waals surface area contributed by atoms with E-state index in [9.17, 15) is 14.0 Å². The van der Waals surface area contributed by atoms with E-state index in [0.717, 1.165) is 28.7 Å². The van der Waals surface area contributed by atoms with E-state index in [1.165, 1.54) is 17.7 Å². The molecular formula is C29H29FN2O3. The van der Waals surface area contributed by atoms with Gasteiger partial charge in [0.15, 0.2) is 0 Å². The van der Waals surface area contributed by atoms with Crippen LogP contribution in [0.25, 0.3) is 5.57 Å². The van der Waals surface area contributed by atoms with Gasteiger partial charge in [0, 0.05) is 18.7 Å². The van der Waals surface area contributed by atoms with Crippen LogP contribution in [-0.2, 0) is 18.4 Å². The summed E-state index contributed by atoms with van der Waals surface area (Å²) in [6, 6.07) is 18.0. The number of carbonyl (C=O) groups is 2. The molecule has 0 spiro atoms. The van der Waals surface area contributed by atoms with E-state index in [1.807, 2.05) is 30.3 Å². The van der Waals surface area contributed by atoms with Crippen LogP contribution < -0.4 is 11.1 Å². The maximum Gasteiger partial charge on any atom is 0.338 e. The van der Waals surface area contributed by atoms with Crippen molar-refractivity contribution in [2.45, 2.75) is 38.6 Å². The maximum atomic E-state index is 13.9. The summed E-state index contributed by atoms with van der Waals surface area (Å²) in [6.07, 6.45) is 3.52. The Balaban J connectivity index is 1.52. The van der Waals surface area contributed by atoms with Gasteiger partial charge in [-0.25, -0.2) is 9.18 Å². The van der Waals surface area contributed by atoms with E-state index < -0.39 is 11.8 Å². The van der Waals surface area contributed by atoms with Crippen LogP contribution >= 0.6 is 0 Å². The summed E-state index contributed by atoms with van der Waals surface area (Å²) in [7, 11) is 0. The van der Waals surface area contributed by atoms with Gasteiger partial charge in [0.2, 0.25) is 0 Å². The summed E-state index contributed by atoms with van der Waals surface area (Å²) in [4.78, 5) is 23.9. The highest BCUT2D eigenvalue weighted by atomic mass is 19.1. The Morgan fingerprint density at radius 3 is 2.40 bits per heavy atom. The van der Waals surface area contributed by atoms with Crippen LogP contribution in [0.4, 0.5) is 4.39 Å². The lowest BCUT2D eigenvalue weighted by molar-refractivity contribution is 0.0691. The first-order chi connectivity index (χ1) is 16.7. The molecule has 0 aliphatic heterocycles. The predicted molar refractivity (Wildman–Crippen MR) is 135 cm³/mol. The Bertz CT molecular complexity index is 1310. The van der Waals surface area contributed by atoms with Crippen molar-refractivity contribution in [3.05, 3.63) is 112 Å². The van der Waals surface area contributed by atoms with E-state index >= 15 is 0 Å². The van der Waals surface area contributed by atoms with Crippen LogP contribution in [0.5, 0.6) is 0 Å². The van der Waals surface area contributed by atoms with E-state index in [1.54, 1.807) is 6.07 Å². The Kier molecular flexibility index (Phi) is 6.85. The highest BCUT2D eigenvalue weighted by Crippen LogP contribution is 2.41. The van der Waals surface area contributed by atoms with Gasteiger partial charge in [-0.05, 0) is 75.9 Å². The maximum absolute atomic E-state index is 13.9. The van der Waals surface area contributed by atoms with Crippen LogP contribution in [0.15, 0.2) is 66.7 Å². The minimum absolute atomic E-state index is 0.0444. The number of benzene rings is 3. The molecule has 5 nitrogen and oxygen atoms in total. The largest absolute Gasteiger partial charge is 0.478 e. The first-order valence-electron chi connectivity index (χ1n) is 11.6. The highest BCUT2D eigenvalue weighted by Gasteiger charge is 2.29. The number of aromatic carboxylic acids is 1. The number of nitrogens with one attached hydrogen (secondary N) is 1. The van der Waals surface area contributed by atoms with Gasteiger partial charge in [-0.1, -0.05) is 56.3 Å². The molecule has 1 amide bonds. The second-order valence-corrected chi connectivity index (χ2v) is 9.49. The molecule has 0 saturated heterocycles. The van der Waals surface area contributed by atoms with E-state index in [2.05, 4.69) is 37.4 Å². The van der Waals surface area contributed by atoms with Crippen LogP contribution in [0.3, 0.4) is 0 Å². The number of allylic oxidation sites excluding steroid dienone is 1. The molecule has 0 unspecified atom stereocenters. The molecule has 0 radical (unpaired) electrons. The molecule has 0 fully saturated rings. The highest BCUT2D eigenvalue weighted by molar-refractivity contribution is 5.96. The zero-order valence-electron chi connectivity index (χ0n) is 19.9. The van der Waals surface area contributed by atoms with Gasteiger partial charge < -0.3 is 16.2 Å². The number of fused-ring (bicyclic) bond motifs is 1. The normalized spacial score (nSPS) is 14.1. The lowest BCUT2D eigenvalue weighted by Crippen LogP contribution is -2.27. The molecule has 0 aromatic heterocycles. The molecule has 180 valence electrons. The van der Waals surface area contributed by atoms with Gasteiger partial charge in [-0.2, -0.15) is 0 Å². The predicted octanol–water partition coefficient (Wildman–Crippen LogP) is 5.07. The number of nitrogens with two attached hydrogens (primary N) is 1. The zero-order chi connectivity index (χ0) is 25.2. The van der Waals surface area contributed by atoms with Crippen molar-refractivity contribution in [1.29, 1.82) is 0 Å². The summed E-state index contributed by atoms with van der Waals surface area (Å²) < 4.78 is 13.9. The number of amides is 1. The number of hydrogen-bond acceptors (Lipinski definition) is 3. The van der Waals surface area contributed by atoms with Gasteiger partial charge in [-0.15, -0.1) is 0 Å². The summed E-state index contributed by atoms with van der Waals surface area (Å²) in [5.74, 6) is -2.30. The quantitative estimate of drug-likeness (QED) is 0.448. The SMILES string of the molecule is CC1(C)CC=C(c2ccc(CN)cc2)c2cc(C(=O)NCCc3ccc(C(=O)O)c(F)c3)ccc21. The lowest BCUT2D eigenvalue weighted by Gasteiger charge is -2.32. The third-order valence-electron chi connectivity index (χ3n) is 6.58. The Morgan fingerprint density at radius 1 is 1.03 bits per heavy atom. The van der Waals surface area contributed by atoms with Crippen molar-refractivity contribution in [2.24, 2.45) is 5.73 Å². The molecule has 1 aliphatic carbocycles. The van der Waals surface area contributed by atoms with Gasteiger partial charge in [0.1, 0.15) is 5.82 Å². The number of carboxylic acids is 1. The monoisotopic (exact) mass is 472 g/mol. The fraction of sp³-hybridized carbons (Fsp3) is 0.241. The van der Waals surface area contributed by atoms with Crippen molar-refractivity contribution < 1.29 is 19.1 Å². The van der Waals surface area contributed by atoms with E-state index in [-0.39, 0.29) is 16.9 Å². The van der Waals surface area contributed by atoms with Crippen LogP contribution in [0.2, 0.25) is 0 Å². The van der Waals surface area contributed by atoms with Gasteiger partial charge >= 0.3 is 5.97 Å². The minimum atomic E-state index is -1.30. The third kappa shape index (κ3) is 5.17. The van der Waals surface area contributed by atoms with E-state index in [4.69, 9.17) is 10.8 Å². The lowest BCUT2D eigenvalue weighted by atomic mass is 9.72. The van der Waals surface area contributed by atoms with Crippen molar-refractivity contribution in [3.8, 4) is 0 Å². The molecule has 3 aromatic rings. The molecule has 4 rings (SSSR count). The first-order valence-corrected chi connectivity index (χ1v) is 11.6. The van der Waals surface area contributed by atoms with E-state index in [0.29, 0.717) is 30.6 Å². The summed E-state index contributed by atoms with van der Waals surface area (Å²) in [5, 5.41) is 11.8. The van der Waals surface area contributed by atoms with Gasteiger partial charge in [-0.3, -0.25) is 4.79 Å². The second-order valence-electron chi connectivity index (χ2n) is 9.49. The molecule has 0 saturated carbocycles. The summed E-state index contributed by atoms with van der Waals surface area (Å²) in [5.41, 5.74) is 12.0. The fourth-order valence-corrected chi connectivity index (χ4v) is 4.48. The Labute approximate surface area is 204 Å². The molecule has 35 heavy (non-hydrogen) atoms. The van der Waals surface area contributed by atoms with Crippen LogP contribution in [0, 0.1) is 5.82 Å². The number of hydrogen-bond donors (Lipinski definition) is 3. The van der Waals surface area contributed by atoms with Crippen molar-refractivity contribution in [2.75, 3.05) is 6.54 Å². The van der Waals surface area contributed by atoms with Crippen molar-refractivity contribution in [3.63, 3.8) is 0 Å². The summed E-state index contributed by atoms with van der Waals surface area (Å²) in [6.45, 7) is 5.19. The molecule has 4 N–H and O–H groups in total. The minimum Gasteiger partial charge on any atom is -0.478 e. The molecule has 3 aromatic carbocycles. The number of rotatable bonds is 7. The molecular weight excluding hydrogens is 443 g/mol. The fourth-order valence-electron chi connectivity index (χ4n) is 4.48. The number of carboxylic acid groups (broad SMARTS) is 1. The van der Waals surface area contributed by atoms with Gasteiger partial charge in [0.05, 0.1) is 5.56 Å².